The van der Waals surface area contributed by atoms with E-state index in [4.69, 9.17) is 17.1 Å². The second-order valence-electron chi connectivity index (χ2n) is 4.93. The van der Waals surface area contributed by atoms with Crippen molar-refractivity contribution in [1.82, 2.24) is 9.55 Å². The third-order valence-corrected chi connectivity index (χ3v) is 3.75. The number of nitrogens with two attached hydrogens (primary N) is 1. The summed E-state index contributed by atoms with van der Waals surface area (Å²) in [6.07, 6.45) is 11.7. The number of terminal acetylenes is 1. The molecule has 2 aliphatic rings. The molecule has 0 radical (unpaired) electrons. The van der Waals surface area contributed by atoms with E-state index < -0.39 is 0 Å². The van der Waals surface area contributed by atoms with Crippen molar-refractivity contribution in [2.75, 3.05) is 5.73 Å². The molecule has 16 heavy (non-hydrogen) atoms. The van der Waals surface area contributed by atoms with Crippen LogP contribution in [-0.4, -0.2) is 9.55 Å². The number of rotatable bonds is 3. The summed E-state index contributed by atoms with van der Waals surface area (Å²) < 4.78 is 2.05. The van der Waals surface area contributed by atoms with E-state index in [9.17, 15) is 0 Å². The molecule has 3 rings (SSSR count). The van der Waals surface area contributed by atoms with E-state index in [-0.39, 0.29) is 0 Å². The molecule has 0 aromatic carbocycles. The number of hydrogen-bond donors (Lipinski definition) is 1. The Hall–Kier alpha value is -1.43. The minimum absolute atomic E-state index is 0.567. The summed E-state index contributed by atoms with van der Waals surface area (Å²) in [5, 5.41) is 0. The van der Waals surface area contributed by atoms with E-state index >= 15 is 0 Å². The van der Waals surface area contributed by atoms with Crippen LogP contribution in [0.25, 0.3) is 0 Å². The van der Waals surface area contributed by atoms with Crippen LogP contribution >= 0.6 is 0 Å². The Morgan fingerprint density at radius 2 is 2.06 bits per heavy atom. The molecule has 2 aliphatic carbocycles. The summed E-state index contributed by atoms with van der Waals surface area (Å²) >= 11 is 0. The molecule has 2 N–H and O–H groups in total. The highest BCUT2D eigenvalue weighted by Gasteiger charge is 2.33. The zero-order chi connectivity index (χ0) is 11.1. The Balaban J connectivity index is 1.99. The van der Waals surface area contributed by atoms with Gasteiger partial charge in [-0.1, -0.05) is 12.3 Å². The molecule has 3 nitrogen and oxygen atoms in total. The van der Waals surface area contributed by atoms with Gasteiger partial charge in [-0.3, -0.25) is 0 Å². The van der Waals surface area contributed by atoms with Gasteiger partial charge in [-0.25, -0.2) is 4.98 Å². The van der Waals surface area contributed by atoms with Gasteiger partial charge in [0.25, 0.3) is 0 Å². The van der Waals surface area contributed by atoms with E-state index in [1.54, 1.807) is 0 Å². The Morgan fingerprint density at radius 1 is 1.31 bits per heavy atom. The predicted octanol–water partition coefficient (Wildman–Crippen LogP) is 2.24. The Labute approximate surface area is 96.0 Å². The van der Waals surface area contributed by atoms with Crippen molar-refractivity contribution in [2.45, 2.75) is 50.5 Å². The van der Waals surface area contributed by atoms with Gasteiger partial charge in [-0.15, -0.1) is 6.42 Å². The summed E-state index contributed by atoms with van der Waals surface area (Å²) in [4.78, 5) is 4.75. The molecule has 1 heterocycles. The van der Waals surface area contributed by atoms with E-state index in [2.05, 4.69) is 5.92 Å². The van der Waals surface area contributed by atoms with Crippen LogP contribution in [0.1, 0.15) is 55.5 Å². The Bertz CT molecular complexity index is 444. The molecular weight excluding hydrogens is 198 g/mol. The number of aromatic nitrogens is 2. The van der Waals surface area contributed by atoms with Gasteiger partial charge in [0.2, 0.25) is 0 Å². The number of hydrogen-bond acceptors (Lipinski definition) is 2. The van der Waals surface area contributed by atoms with Gasteiger partial charge in [0.15, 0.2) is 0 Å². The molecule has 0 atom stereocenters. The fourth-order valence-corrected chi connectivity index (χ4v) is 2.40. The van der Waals surface area contributed by atoms with Gasteiger partial charge in [-0.05, 0) is 25.7 Å². The molecule has 2 saturated carbocycles. The predicted molar refractivity (Wildman–Crippen MR) is 64.0 cm³/mol. The zero-order valence-corrected chi connectivity index (χ0v) is 9.45. The van der Waals surface area contributed by atoms with Gasteiger partial charge in [0.05, 0.1) is 12.2 Å². The van der Waals surface area contributed by atoms with E-state index in [0.29, 0.717) is 18.4 Å². The summed E-state index contributed by atoms with van der Waals surface area (Å²) in [7, 11) is 0. The standard InChI is InChI=1S/C13H17N3/c1-2-8-16-12(14)11(9-4-3-5-9)15-13(16)10-6-7-10/h1,9-10H,3-8,14H2. The molecule has 84 valence electrons. The molecular formula is C13H17N3. The van der Waals surface area contributed by atoms with Crippen molar-refractivity contribution in [1.29, 1.82) is 0 Å². The number of nitrogens with zero attached hydrogens (tertiary/aromatic N) is 2. The lowest BCUT2D eigenvalue weighted by Gasteiger charge is -2.23. The maximum atomic E-state index is 6.17. The smallest absolute Gasteiger partial charge is 0.127 e. The lowest BCUT2D eigenvalue weighted by atomic mass is 9.83. The van der Waals surface area contributed by atoms with Gasteiger partial charge in [-0.2, -0.15) is 0 Å². The molecule has 0 bridgehead atoms. The lowest BCUT2D eigenvalue weighted by Crippen LogP contribution is -2.12. The van der Waals surface area contributed by atoms with Crippen molar-refractivity contribution in [3.63, 3.8) is 0 Å². The minimum Gasteiger partial charge on any atom is -0.384 e. The molecule has 0 aliphatic heterocycles. The summed E-state index contributed by atoms with van der Waals surface area (Å²) in [5.74, 6) is 5.85. The highest BCUT2D eigenvalue weighted by atomic mass is 15.1. The van der Waals surface area contributed by atoms with E-state index in [1.807, 2.05) is 4.57 Å². The summed E-state index contributed by atoms with van der Waals surface area (Å²) in [6.45, 7) is 0.567. The van der Waals surface area contributed by atoms with Crippen LogP contribution in [0, 0.1) is 12.3 Å². The van der Waals surface area contributed by atoms with E-state index in [1.165, 1.54) is 32.1 Å². The average molecular weight is 215 g/mol. The minimum atomic E-state index is 0.567. The van der Waals surface area contributed by atoms with Gasteiger partial charge < -0.3 is 10.3 Å². The fourth-order valence-electron chi connectivity index (χ4n) is 2.40. The van der Waals surface area contributed by atoms with E-state index in [0.717, 1.165) is 17.3 Å². The highest BCUT2D eigenvalue weighted by Crippen LogP contribution is 2.44. The fraction of sp³-hybridized carbons (Fsp3) is 0.615. The second-order valence-corrected chi connectivity index (χ2v) is 4.93. The first kappa shape index (κ1) is 9.77. The molecule has 0 amide bonds. The zero-order valence-electron chi connectivity index (χ0n) is 9.45. The molecule has 2 fully saturated rings. The average Bonchev–Trinajstić information content (AvgIpc) is 2.97. The van der Waals surface area contributed by atoms with Crippen molar-refractivity contribution >= 4 is 5.82 Å². The van der Waals surface area contributed by atoms with Crippen LogP contribution in [0.5, 0.6) is 0 Å². The van der Waals surface area contributed by atoms with Gasteiger partial charge in [0, 0.05) is 11.8 Å². The van der Waals surface area contributed by atoms with Crippen molar-refractivity contribution in [2.24, 2.45) is 0 Å². The second kappa shape index (κ2) is 3.55. The van der Waals surface area contributed by atoms with Gasteiger partial charge in [0.1, 0.15) is 11.6 Å². The quantitative estimate of drug-likeness (QED) is 0.786. The normalized spacial score (nSPS) is 20.4. The topological polar surface area (TPSA) is 43.8 Å². The Morgan fingerprint density at radius 3 is 2.56 bits per heavy atom. The van der Waals surface area contributed by atoms with Crippen LogP contribution in [-0.2, 0) is 6.54 Å². The Kier molecular flexibility index (Phi) is 2.17. The third kappa shape index (κ3) is 1.41. The third-order valence-electron chi connectivity index (χ3n) is 3.75. The lowest BCUT2D eigenvalue weighted by molar-refractivity contribution is 0.413. The molecule has 0 unspecified atom stereocenters. The molecule has 3 heteroatoms. The maximum Gasteiger partial charge on any atom is 0.127 e. The van der Waals surface area contributed by atoms with Crippen LogP contribution in [0.3, 0.4) is 0 Å². The first-order valence-electron chi connectivity index (χ1n) is 6.10. The van der Waals surface area contributed by atoms with Crippen molar-refractivity contribution in [3.05, 3.63) is 11.5 Å². The van der Waals surface area contributed by atoms with Crippen LogP contribution in [0.4, 0.5) is 5.82 Å². The highest BCUT2D eigenvalue weighted by molar-refractivity contribution is 5.43. The van der Waals surface area contributed by atoms with Gasteiger partial charge >= 0.3 is 0 Å². The maximum absolute atomic E-state index is 6.17. The molecule has 0 saturated heterocycles. The van der Waals surface area contributed by atoms with Crippen LogP contribution < -0.4 is 5.73 Å². The number of imidazole rings is 1. The molecule has 0 spiro atoms. The first-order valence-corrected chi connectivity index (χ1v) is 6.10. The van der Waals surface area contributed by atoms with Crippen molar-refractivity contribution in [3.8, 4) is 12.3 Å². The van der Waals surface area contributed by atoms with Crippen LogP contribution in [0.2, 0.25) is 0 Å². The summed E-state index contributed by atoms with van der Waals surface area (Å²) in [5.41, 5.74) is 7.29. The molecule has 1 aromatic heterocycles. The summed E-state index contributed by atoms with van der Waals surface area (Å²) in [6, 6.07) is 0. The van der Waals surface area contributed by atoms with Crippen LogP contribution in [0.15, 0.2) is 0 Å². The first-order chi connectivity index (χ1) is 7.81. The monoisotopic (exact) mass is 215 g/mol. The SMILES string of the molecule is C#CCn1c(C2CC2)nc(C2CCC2)c1N. The largest absolute Gasteiger partial charge is 0.384 e. The number of anilines is 1. The molecule has 1 aromatic rings. The number of nitrogen functional groups attached to an aromatic ring is 1. The van der Waals surface area contributed by atoms with Crippen molar-refractivity contribution < 1.29 is 0 Å².